The molecule has 0 aromatic heterocycles. The second-order valence-electron chi connectivity index (χ2n) is 4.95. The molecule has 0 saturated carbocycles. The second kappa shape index (κ2) is 5.01. The van der Waals surface area contributed by atoms with Gasteiger partial charge in [0.25, 0.3) is 0 Å². The largest absolute Gasteiger partial charge is 0.344 e. The number of amides is 2. The lowest BCUT2D eigenvalue weighted by molar-refractivity contribution is -0.140. The van der Waals surface area contributed by atoms with Gasteiger partial charge in [0.1, 0.15) is 12.9 Å². The topological polar surface area (TPSA) is 49.9 Å². The third-order valence-corrected chi connectivity index (χ3v) is 3.74. The van der Waals surface area contributed by atoms with Crippen molar-refractivity contribution in [2.24, 2.45) is 0 Å². The molecule has 5 nitrogen and oxygen atoms in total. The highest BCUT2D eigenvalue weighted by molar-refractivity contribution is 5.80. The van der Waals surface area contributed by atoms with E-state index in [2.05, 4.69) is 0 Å². The zero-order chi connectivity index (χ0) is 13.2. The molecule has 2 aliphatic heterocycles. The normalized spacial score (nSPS) is 25.8. The quantitative estimate of drug-likeness (QED) is 0.772. The first-order valence-electron chi connectivity index (χ1n) is 6.51. The average Bonchev–Trinajstić information content (AvgIpc) is 2.71. The molecule has 2 saturated heterocycles. The molecule has 2 fully saturated rings. The van der Waals surface area contributed by atoms with Crippen molar-refractivity contribution in [3.05, 3.63) is 35.9 Å². The molecular formula is C14H16N2O3. The fourth-order valence-electron chi connectivity index (χ4n) is 2.69. The summed E-state index contributed by atoms with van der Waals surface area (Å²) in [5.74, 6) is 0. The Bertz CT molecular complexity index is 477. The summed E-state index contributed by atoms with van der Waals surface area (Å²) in [6, 6.07) is 9.35. The number of hydrogen-bond donors (Lipinski definition) is 0. The van der Waals surface area contributed by atoms with Crippen LogP contribution in [0.25, 0.3) is 0 Å². The predicted octanol–water partition coefficient (Wildman–Crippen LogP) is 1.59. The molecule has 2 bridgehead atoms. The fourth-order valence-corrected chi connectivity index (χ4v) is 2.69. The number of benzene rings is 1. The molecular weight excluding hydrogens is 244 g/mol. The zero-order valence-corrected chi connectivity index (χ0v) is 10.6. The van der Waals surface area contributed by atoms with E-state index in [1.165, 1.54) is 5.06 Å². The van der Waals surface area contributed by atoms with Gasteiger partial charge in [-0.25, -0.2) is 4.79 Å². The van der Waals surface area contributed by atoms with E-state index in [0.29, 0.717) is 13.2 Å². The highest BCUT2D eigenvalue weighted by Crippen LogP contribution is 2.29. The number of nitrogens with zero attached hydrogens (tertiary/aromatic N) is 2. The molecule has 0 spiro atoms. The summed E-state index contributed by atoms with van der Waals surface area (Å²) in [6.07, 6.45) is 2.40. The Labute approximate surface area is 111 Å². The summed E-state index contributed by atoms with van der Waals surface area (Å²) in [7, 11) is 0. The number of carbonyl (C=O) groups is 2. The van der Waals surface area contributed by atoms with Crippen LogP contribution in [0.4, 0.5) is 4.79 Å². The van der Waals surface area contributed by atoms with Crippen LogP contribution in [-0.2, 0) is 16.2 Å². The molecule has 0 aliphatic carbocycles. The zero-order valence-electron chi connectivity index (χ0n) is 10.6. The molecule has 3 rings (SSSR count). The van der Waals surface area contributed by atoms with E-state index in [4.69, 9.17) is 4.84 Å². The van der Waals surface area contributed by atoms with Gasteiger partial charge in [-0.2, -0.15) is 5.06 Å². The van der Waals surface area contributed by atoms with Crippen molar-refractivity contribution >= 4 is 12.3 Å². The Kier molecular flexibility index (Phi) is 3.21. The predicted molar refractivity (Wildman–Crippen MR) is 68.0 cm³/mol. The van der Waals surface area contributed by atoms with Crippen LogP contribution in [0.3, 0.4) is 0 Å². The van der Waals surface area contributed by atoms with Gasteiger partial charge in [0, 0.05) is 6.54 Å². The number of hydroxylamine groups is 2. The van der Waals surface area contributed by atoms with E-state index in [-0.39, 0.29) is 18.1 Å². The lowest BCUT2D eigenvalue weighted by Crippen LogP contribution is -2.40. The average molecular weight is 260 g/mol. The van der Waals surface area contributed by atoms with E-state index >= 15 is 0 Å². The van der Waals surface area contributed by atoms with Gasteiger partial charge in [-0.05, 0) is 18.4 Å². The molecule has 19 heavy (non-hydrogen) atoms. The summed E-state index contributed by atoms with van der Waals surface area (Å²) in [6.45, 7) is 0.972. The molecule has 2 atom stereocenters. The molecule has 2 aliphatic rings. The van der Waals surface area contributed by atoms with E-state index in [1.54, 1.807) is 4.90 Å². The Hall–Kier alpha value is -1.88. The maximum absolute atomic E-state index is 12.1. The van der Waals surface area contributed by atoms with E-state index in [0.717, 1.165) is 24.7 Å². The fraction of sp³-hybridized carbons (Fsp3) is 0.429. The lowest BCUT2D eigenvalue weighted by Gasteiger charge is -2.25. The van der Waals surface area contributed by atoms with Crippen LogP contribution < -0.4 is 0 Å². The number of urea groups is 1. The summed E-state index contributed by atoms with van der Waals surface area (Å²) in [5.41, 5.74) is 1.03. The lowest BCUT2D eigenvalue weighted by atomic mass is 10.0. The maximum atomic E-state index is 12.1. The highest BCUT2D eigenvalue weighted by Gasteiger charge is 2.45. The monoisotopic (exact) mass is 260 g/mol. The van der Waals surface area contributed by atoms with Crippen LogP contribution in [0.2, 0.25) is 0 Å². The van der Waals surface area contributed by atoms with Crippen LogP contribution in [0.5, 0.6) is 0 Å². The number of fused-ring (bicyclic) bond motifs is 2. The molecule has 1 aromatic carbocycles. The Morgan fingerprint density at radius 3 is 2.79 bits per heavy atom. The number of carbonyl (C=O) groups excluding carboxylic acids is 2. The number of piperidine rings is 1. The van der Waals surface area contributed by atoms with Crippen molar-refractivity contribution in [2.45, 2.75) is 31.5 Å². The maximum Gasteiger partial charge on any atom is 0.344 e. The van der Waals surface area contributed by atoms with E-state index in [1.807, 2.05) is 30.3 Å². The molecule has 2 amide bonds. The van der Waals surface area contributed by atoms with Gasteiger partial charge in [-0.15, -0.1) is 0 Å². The van der Waals surface area contributed by atoms with Crippen LogP contribution in [0.1, 0.15) is 18.4 Å². The number of aldehydes is 1. The van der Waals surface area contributed by atoms with Crippen LogP contribution in [0.15, 0.2) is 30.3 Å². The van der Waals surface area contributed by atoms with Crippen LogP contribution >= 0.6 is 0 Å². The van der Waals surface area contributed by atoms with E-state index in [9.17, 15) is 9.59 Å². The van der Waals surface area contributed by atoms with E-state index < -0.39 is 0 Å². The Morgan fingerprint density at radius 2 is 2.05 bits per heavy atom. The highest BCUT2D eigenvalue weighted by atomic mass is 16.7. The van der Waals surface area contributed by atoms with Crippen molar-refractivity contribution in [3.8, 4) is 0 Å². The minimum absolute atomic E-state index is 0.0763. The van der Waals surface area contributed by atoms with Crippen molar-refractivity contribution in [3.63, 3.8) is 0 Å². The molecule has 2 heterocycles. The third-order valence-electron chi connectivity index (χ3n) is 3.74. The van der Waals surface area contributed by atoms with Crippen molar-refractivity contribution in [2.75, 3.05) is 6.54 Å². The standard InChI is InChI=1S/C14H16N2O3/c17-9-13-7-6-12-8-15(13)14(18)16(12)19-10-11-4-2-1-3-5-11/h1-5,9,12-13H,6-8,10H2/t12-,13?/m1/s1. The minimum Gasteiger partial charge on any atom is -0.311 e. The van der Waals surface area contributed by atoms with Gasteiger partial charge in [-0.3, -0.25) is 4.84 Å². The molecule has 1 aromatic rings. The van der Waals surface area contributed by atoms with Crippen molar-refractivity contribution in [1.82, 2.24) is 9.96 Å². The van der Waals surface area contributed by atoms with Gasteiger partial charge >= 0.3 is 6.03 Å². The summed E-state index contributed by atoms with van der Waals surface area (Å²) in [5, 5.41) is 1.44. The molecule has 0 N–H and O–H groups in total. The van der Waals surface area contributed by atoms with Gasteiger partial charge in [0.15, 0.2) is 0 Å². The SMILES string of the molecule is O=CC1CC[C@@H]2CN1C(=O)N2OCc1ccccc1. The Morgan fingerprint density at radius 1 is 1.26 bits per heavy atom. The first-order valence-corrected chi connectivity index (χ1v) is 6.51. The Balaban J connectivity index is 1.66. The molecule has 1 unspecified atom stereocenters. The van der Waals surface area contributed by atoms with Gasteiger partial charge in [0.05, 0.1) is 12.1 Å². The van der Waals surface area contributed by atoms with Gasteiger partial charge in [0.2, 0.25) is 0 Å². The van der Waals surface area contributed by atoms with Gasteiger partial charge in [-0.1, -0.05) is 30.3 Å². The first kappa shape index (κ1) is 12.2. The second-order valence-corrected chi connectivity index (χ2v) is 4.95. The summed E-state index contributed by atoms with van der Waals surface area (Å²) >= 11 is 0. The third kappa shape index (κ3) is 2.21. The molecule has 5 heteroatoms. The molecule has 100 valence electrons. The first-order chi connectivity index (χ1) is 9.29. The number of hydrogen-bond acceptors (Lipinski definition) is 3. The van der Waals surface area contributed by atoms with Crippen LogP contribution in [-0.4, -0.2) is 40.9 Å². The smallest absolute Gasteiger partial charge is 0.311 e. The summed E-state index contributed by atoms with van der Waals surface area (Å²) < 4.78 is 0. The summed E-state index contributed by atoms with van der Waals surface area (Å²) in [4.78, 5) is 30.3. The molecule has 0 radical (unpaired) electrons. The van der Waals surface area contributed by atoms with Crippen molar-refractivity contribution in [1.29, 1.82) is 0 Å². The van der Waals surface area contributed by atoms with Gasteiger partial charge < -0.3 is 9.69 Å². The number of rotatable bonds is 4. The minimum atomic E-state index is -0.283. The van der Waals surface area contributed by atoms with Crippen LogP contribution in [0, 0.1) is 0 Å². The van der Waals surface area contributed by atoms with Crippen molar-refractivity contribution < 1.29 is 14.4 Å².